The summed E-state index contributed by atoms with van der Waals surface area (Å²) in [5, 5.41) is 0. The average molecular weight is 209 g/mol. The van der Waals surface area contributed by atoms with Gasteiger partial charge < -0.3 is 5.73 Å². The third-order valence-electron chi connectivity index (χ3n) is 2.62. The molecule has 2 heteroatoms. The van der Waals surface area contributed by atoms with Crippen LogP contribution in [0.15, 0.2) is 23.1 Å². The molecular weight excluding hydrogens is 190 g/mol. The van der Waals surface area contributed by atoms with Crippen molar-refractivity contribution in [2.75, 3.05) is 12.8 Å². The minimum Gasteiger partial charge on any atom is -0.330 e. The molecule has 1 unspecified atom stereocenters. The van der Waals surface area contributed by atoms with Crippen LogP contribution in [0.25, 0.3) is 0 Å². The highest BCUT2D eigenvalue weighted by Crippen LogP contribution is 2.26. The van der Waals surface area contributed by atoms with E-state index in [4.69, 9.17) is 5.73 Å². The number of hydrogen-bond acceptors (Lipinski definition) is 2. The number of thioether (sulfide) groups is 1. The Kier molecular flexibility index (Phi) is 4.49. The Labute approximate surface area is 91.1 Å². The SMILES string of the molecule is CSc1ccc(C)c(C(C)CCN)c1. The monoisotopic (exact) mass is 209 g/mol. The predicted molar refractivity (Wildman–Crippen MR) is 65.0 cm³/mol. The fraction of sp³-hybridized carbons (Fsp3) is 0.500. The van der Waals surface area contributed by atoms with E-state index < -0.39 is 0 Å². The molecule has 0 heterocycles. The lowest BCUT2D eigenvalue weighted by atomic mass is 9.94. The highest BCUT2D eigenvalue weighted by Gasteiger charge is 2.08. The molecule has 14 heavy (non-hydrogen) atoms. The molecule has 0 bridgehead atoms. The van der Waals surface area contributed by atoms with E-state index >= 15 is 0 Å². The second-order valence-electron chi connectivity index (χ2n) is 3.70. The summed E-state index contributed by atoms with van der Waals surface area (Å²) in [7, 11) is 0. The summed E-state index contributed by atoms with van der Waals surface area (Å²) in [6, 6.07) is 6.67. The molecule has 0 aliphatic carbocycles. The van der Waals surface area contributed by atoms with Gasteiger partial charge in [-0.15, -0.1) is 11.8 Å². The highest BCUT2D eigenvalue weighted by molar-refractivity contribution is 7.98. The van der Waals surface area contributed by atoms with Gasteiger partial charge in [-0.1, -0.05) is 13.0 Å². The molecule has 1 atom stereocenters. The summed E-state index contributed by atoms with van der Waals surface area (Å²) in [4.78, 5) is 1.34. The summed E-state index contributed by atoms with van der Waals surface area (Å²) in [5.41, 5.74) is 8.41. The van der Waals surface area contributed by atoms with Crippen molar-refractivity contribution >= 4 is 11.8 Å². The smallest absolute Gasteiger partial charge is 0.00721 e. The van der Waals surface area contributed by atoms with Crippen LogP contribution in [0.4, 0.5) is 0 Å². The minimum atomic E-state index is 0.576. The van der Waals surface area contributed by atoms with E-state index in [9.17, 15) is 0 Å². The number of nitrogens with two attached hydrogens (primary N) is 1. The van der Waals surface area contributed by atoms with E-state index in [1.54, 1.807) is 11.8 Å². The van der Waals surface area contributed by atoms with E-state index in [0.29, 0.717) is 5.92 Å². The fourth-order valence-corrected chi connectivity index (χ4v) is 2.13. The summed E-state index contributed by atoms with van der Waals surface area (Å²) in [5.74, 6) is 0.576. The van der Waals surface area contributed by atoms with Crippen molar-refractivity contribution < 1.29 is 0 Å². The van der Waals surface area contributed by atoms with Gasteiger partial charge in [0.1, 0.15) is 0 Å². The van der Waals surface area contributed by atoms with Crippen LogP contribution in [-0.4, -0.2) is 12.8 Å². The van der Waals surface area contributed by atoms with Gasteiger partial charge in [0.05, 0.1) is 0 Å². The van der Waals surface area contributed by atoms with Crippen LogP contribution >= 0.6 is 11.8 Å². The standard InChI is InChI=1S/C12H19NS/c1-9-4-5-11(14-3)8-12(9)10(2)6-7-13/h4-5,8,10H,6-7,13H2,1-3H3. The molecule has 0 fully saturated rings. The van der Waals surface area contributed by atoms with Crippen LogP contribution in [0.1, 0.15) is 30.4 Å². The van der Waals surface area contributed by atoms with Crippen LogP contribution in [0, 0.1) is 6.92 Å². The molecule has 0 radical (unpaired) electrons. The molecule has 1 rings (SSSR count). The lowest BCUT2D eigenvalue weighted by Crippen LogP contribution is -2.05. The zero-order valence-corrected chi connectivity index (χ0v) is 10.0. The topological polar surface area (TPSA) is 26.0 Å². The summed E-state index contributed by atoms with van der Waals surface area (Å²) >= 11 is 1.80. The van der Waals surface area contributed by atoms with Crippen molar-refractivity contribution in [2.45, 2.75) is 31.1 Å². The predicted octanol–water partition coefficient (Wildman–Crippen LogP) is 3.17. The largest absolute Gasteiger partial charge is 0.330 e. The van der Waals surface area contributed by atoms with E-state index in [0.717, 1.165) is 13.0 Å². The summed E-state index contributed by atoms with van der Waals surface area (Å²) < 4.78 is 0. The van der Waals surface area contributed by atoms with Gasteiger partial charge in [0.2, 0.25) is 0 Å². The van der Waals surface area contributed by atoms with E-state index in [2.05, 4.69) is 38.3 Å². The van der Waals surface area contributed by atoms with Crippen molar-refractivity contribution in [2.24, 2.45) is 5.73 Å². The van der Waals surface area contributed by atoms with Crippen LogP contribution in [0.3, 0.4) is 0 Å². The molecule has 78 valence electrons. The molecule has 0 saturated carbocycles. The molecule has 0 aliphatic rings. The Bertz CT molecular complexity index is 296. The zero-order chi connectivity index (χ0) is 10.6. The lowest BCUT2D eigenvalue weighted by Gasteiger charge is -2.14. The quantitative estimate of drug-likeness (QED) is 0.771. The van der Waals surface area contributed by atoms with Crippen molar-refractivity contribution in [1.29, 1.82) is 0 Å². The van der Waals surface area contributed by atoms with Crippen molar-refractivity contribution in [3.8, 4) is 0 Å². The van der Waals surface area contributed by atoms with Crippen LogP contribution in [-0.2, 0) is 0 Å². The third kappa shape index (κ3) is 2.76. The van der Waals surface area contributed by atoms with Crippen LogP contribution in [0.2, 0.25) is 0 Å². The van der Waals surface area contributed by atoms with Gasteiger partial charge >= 0.3 is 0 Å². The van der Waals surface area contributed by atoms with Gasteiger partial charge in [-0.05, 0) is 55.3 Å². The highest BCUT2D eigenvalue weighted by atomic mass is 32.2. The molecule has 2 N–H and O–H groups in total. The summed E-state index contributed by atoms with van der Waals surface area (Å²) in [6.45, 7) is 5.19. The maximum absolute atomic E-state index is 5.58. The van der Waals surface area contributed by atoms with Crippen LogP contribution in [0.5, 0.6) is 0 Å². The maximum atomic E-state index is 5.58. The summed E-state index contributed by atoms with van der Waals surface area (Å²) in [6.07, 6.45) is 3.18. The minimum absolute atomic E-state index is 0.576. The first-order valence-corrected chi connectivity index (χ1v) is 6.26. The average Bonchev–Trinajstić information content (AvgIpc) is 2.19. The first kappa shape index (κ1) is 11.6. The van der Waals surface area contributed by atoms with E-state index in [1.807, 2.05) is 0 Å². The normalized spacial score (nSPS) is 12.9. The molecular formula is C12H19NS. The molecule has 1 nitrogen and oxygen atoms in total. The molecule has 0 aromatic heterocycles. The van der Waals surface area contributed by atoms with Crippen molar-refractivity contribution in [3.05, 3.63) is 29.3 Å². The second kappa shape index (κ2) is 5.42. The fourth-order valence-electron chi connectivity index (χ4n) is 1.68. The Balaban J connectivity index is 2.93. The molecule has 1 aromatic rings. The molecule has 0 amide bonds. The van der Waals surface area contributed by atoms with E-state index in [-0.39, 0.29) is 0 Å². The Morgan fingerprint density at radius 3 is 2.71 bits per heavy atom. The van der Waals surface area contributed by atoms with Gasteiger partial charge in [0.25, 0.3) is 0 Å². The third-order valence-corrected chi connectivity index (χ3v) is 3.34. The Morgan fingerprint density at radius 1 is 1.43 bits per heavy atom. The Morgan fingerprint density at radius 2 is 2.14 bits per heavy atom. The van der Waals surface area contributed by atoms with Gasteiger partial charge in [0, 0.05) is 4.90 Å². The molecule has 0 spiro atoms. The number of benzene rings is 1. The van der Waals surface area contributed by atoms with Crippen molar-refractivity contribution in [1.82, 2.24) is 0 Å². The lowest BCUT2D eigenvalue weighted by molar-refractivity contribution is 0.684. The molecule has 1 aromatic carbocycles. The van der Waals surface area contributed by atoms with Gasteiger partial charge in [-0.25, -0.2) is 0 Å². The van der Waals surface area contributed by atoms with Gasteiger partial charge in [-0.3, -0.25) is 0 Å². The molecule has 0 aliphatic heterocycles. The van der Waals surface area contributed by atoms with Crippen LogP contribution < -0.4 is 5.73 Å². The number of hydrogen-bond donors (Lipinski definition) is 1. The molecule has 0 saturated heterocycles. The van der Waals surface area contributed by atoms with Gasteiger partial charge in [-0.2, -0.15) is 0 Å². The number of aryl methyl sites for hydroxylation is 1. The number of rotatable bonds is 4. The van der Waals surface area contributed by atoms with Crippen molar-refractivity contribution in [3.63, 3.8) is 0 Å². The second-order valence-corrected chi connectivity index (χ2v) is 4.58. The van der Waals surface area contributed by atoms with E-state index in [1.165, 1.54) is 16.0 Å². The zero-order valence-electron chi connectivity index (χ0n) is 9.21. The first-order valence-electron chi connectivity index (χ1n) is 5.03. The Hall–Kier alpha value is -0.470. The first-order chi connectivity index (χ1) is 6.69. The maximum Gasteiger partial charge on any atom is 0.00721 e. The van der Waals surface area contributed by atoms with Gasteiger partial charge in [0.15, 0.2) is 0 Å².